The van der Waals surface area contributed by atoms with Crippen molar-refractivity contribution in [2.75, 3.05) is 0 Å². The average Bonchev–Trinajstić information content (AvgIpc) is 3.31. The Morgan fingerprint density at radius 2 is 2.16 bits per heavy atom. The van der Waals surface area contributed by atoms with E-state index in [-0.39, 0.29) is 11.9 Å². The quantitative estimate of drug-likeness (QED) is 0.575. The van der Waals surface area contributed by atoms with E-state index in [9.17, 15) is 4.79 Å². The largest absolute Gasteiger partial charge is 0.343 e. The van der Waals surface area contributed by atoms with Gasteiger partial charge < -0.3 is 5.32 Å². The molecule has 0 unspecified atom stereocenters. The van der Waals surface area contributed by atoms with Gasteiger partial charge in [0.15, 0.2) is 0 Å². The number of nitrogens with one attached hydrogen (secondary N) is 2. The Labute approximate surface area is 151 Å². The smallest absolute Gasteiger partial charge is 0.269 e. The van der Waals surface area contributed by atoms with Gasteiger partial charge in [-0.1, -0.05) is 35.1 Å². The van der Waals surface area contributed by atoms with Gasteiger partial charge in [-0.15, -0.1) is 0 Å². The summed E-state index contributed by atoms with van der Waals surface area (Å²) in [6, 6.07) is 8.74. The minimum atomic E-state index is -0.247. The molecule has 0 fully saturated rings. The number of aromatic nitrogens is 5. The van der Waals surface area contributed by atoms with Gasteiger partial charge in [0.1, 0.15) is 11.2 Å². The lowest BCUT2D eigenvalue weighted by molar-refractivity contribution is 0.0934. The molecule has 0 aliphatic rings. The summed E-state index contributed by atoms with van der Waals surface area (Å²) in [6.07, 6.45) is 1.81. The van der Waals surface area contributed by atoms with Crippen molar-refractivity contribution >= 4 is 33.8 Å². The van der Waals surface area contributed by atoms with Crippen molar-refractivity contribution in [2.45, 2.75) is 13.0 Å². The second kappa shape index (κ2) is 6.30. The number of imidazole rings is 1. The second-order valence-corrected chi connectivity index (χ2v) is 6.75. The summed E-state index contributed by atoms with van der Waals surface area (Å²) >= 11 is 7.33. The van der Waals surface area contributed by atoms with E-state index < -0.39 is 0 Å². The van der Waals surface area contributed by atoms with Gasteiger partial charge in [0, 0.05) is 10.6 Å². The SMILES string of the molecule is C[C@H](NC(=O)c1cc(-c2ccc(Cl)cc2)n[nH]1)c1cn2ncsc2n1. The molecule has 0 bridgehead atoms. The number of nitrogens with zero attached hydrogens (tertiary/aromatic N) is 4. The Morgan fingerprint density at radius 1 is 1.36 bits per heavy atom. The Morgan fingerprint density at radius 3 is 2.92 bits per heavy atom. The first-order valence-electron chi connectivity index (χ1n) is 7.51. The van der Waals surface area contributed by atoms with Gasteiger partial charge in [0.2, 0.25) is 4.96 Å². The standard InChI is InChI=1S/C16H13ClN6OS/c1-9(14-7-23-16(20-14)25-8-18-23)19-15(24)13-6-12(21-22-13)10-2-4-11(17)5-3-10/h2-9H,1H3,(H,19,24)(H,21,22)/t9-/m0/s1. The van der Waals surface area contributed by atoms with Crippen LogP contribution >= 0.6 is 22.9 Å². The fraction of sp³-hybridized carbons (Fsp3) is 0.125. The lowest BCUT2D eigenvalue weighted by Crippen LogP contribution is -2.27. The number of aromatic amines is 1. The predicted octanol–water partition coefficient (Wildman–Crippen LogP) is 3.33. The highest BCUT2D eigenvalue weighted by atomic mass is 35.5. The highest BCUT2D eigenvalue weighted by Gasteiger charge is 2.17. The van der Waals surface area contributed by atoms with Crippen LogP contribution in [0, 0.1) is 0 Å². The minimum Gasteiger partial charge on any atom is -0.343 e. The average molecular weight is 373 g/mol. The van der Waals surface area contributed by atoms with Crippen molar-refractivity contribution in [3.8, 4) is 11.3 Å². The molecule has 0 aliphatic carbocycles. The van der Waals surface area contributed by atoms with Crippen LogP contribution in [0.5, 0.6) is 0 Å². The Hall–Kier alpha value is -2.71. The first-order valence-corrected chi connectivity index (χ1v) is 8.77. The molecule has 126 valence electrons. The van der Waals surface area contributed by atoms with Crippen LogP contribution in [-0.4, -0.2) is 30.7 Å². The fourth-order valence-corrected chi connectivity index (χ4v) is 3.15. The molecular weight excluding hydrogens is 360 g/mol. The second-order valence-electron chi connectivity index (χ2n) is 5.50. The Balaban J connectivity index is 1.49. The molecule has 4 rings (SSSR count). The van der Waals surface area contributed by atoms with Crippen molar-refractivity contribution in [2.24, 2.45) is 0 Å². The Kier molecular flexibility index (Phi) is 3.98. The van der Waals surface area contributed by atoms with Crippen molar-refractivity contribution in [3.05, 3.63) is 58.4 Å². The number of hydrogen-bond acceptors (Lipinski definition) is 5. The molecule has 1 amide bonds. The molecule has 0 spiro atoms. The predicted molar refractivity (Wildman–Crippen MR) is 95.8 cm³/mol. The van der Waals surface area contributed by atoms with Gasteiger partial charge in [0.05, 0.1) is 23.6 Å². The molecule has 25 heavy (non-hydrogen) atoms. The lowest BCUT2D eigenvalue weighted by Gasteiger charge is -2.09. The van der Waals surface area contributed by atoms with E-state index in [4.69, 9.17) is 11.6 Å². The van der Waals surface area contributed by atoms with Crippen LogP contribution in [0.3, 0.4) is 0 Å². The molecule has 4 aromatic rings. The topological polar surface area (TPSA) is 88.0 Å². The van der Waals surface area contributed by atoms with E-state index in [1.807, 2.05) is 25.3 Å². The molecule has 0 saturated carbocycles. The maximum Gasteiger partial charge on any atom is 0.269 e. The van der Waals surface area contributed by atoms with Crippen LogP contribution in [0.4, 0.5) is 0 Å². The van der Waals surface area contributed by atoms with Crippen molar-refractivity contribution in [3.63, 3.8) is 0 Å². The van der Waals surface area contributed by atoms with Crippen molar-refractivity contribution in [1.82, 2.24) is 30.1 Å². The highest BCUT2D eigenvalue weighted by Crippen LogP contribution is 2.21. The zero-order valence-electron chi connectivity index (χ0n) is 13.1. The summed E-state index contributed by atoms with van der Waals surface area (Å²) in [5.41, 5.74) is 4.42. The molecule has 0 radical (unpaired) electrons. The van der Waals surface area contributed by atoms with Crippen LogP contribution in [-0.2, 0) is 0 Å². The maximum absolute atomic E-state index is 12.4. The molecule has 1 atom stereocenters. The molecule has 0 aliphatic heterocycles. The van der Waals surface area contributed by atoms with Gasteiger partial charge in [0.25, 0.3) is 5.91 Å². The molecule has 1 aromatic carbocycles. The highest BCUT2D eigenvalue weighted by molar-refractivity contribution is 7.14. The van der Waals surface area contributed by atoms with Crippen LogP contribution in [0.1, 0.15) is 29.1 Å². The number of benzene rings is 1. The third-order valence-electron chi connectivity index (χ3n) is 3.76. The summed E-state index contributed by atoms with van der Waals surface area (Å²) < 4.78 is 1.69. The van der Waals surface area contributed by atoms with Crippen molar-refractivity contribution < 1.29 is 4.79 Å². The van der Waals surface area contributed by atoms with Gasteiger partial charge in [-0.3, -0.25) is 9.89 Å². The van der Waals surface area contributed by atoms with Crippen LogP contribution in [0.25, 0.3) is 16.2 Å². The summed E-state index contributed by atoms with van der Waals surface area (Å²) in [7, 11) is 0. The first-order chi connectivity index (χ1) is 12.1. The molecular formula is C16H13ClN6OS. The first kappa shape index (κ1) is 15.8. The third-order valence-corrected chi connectivity index (χ3v) is 4.70. The van der Waals surface area contributed by atoms with E-state index in [1.54, 1.807) is 28.2 Å². The molecule has 2 N–H and O–H groups in total. The number of halogens is 1. The van der Waals surface area contributed by atoms with E-state index in [0.29, 0.717) is 16.4 Å². The number of fused-ring (bicyclic) bond motifs is 1. The van der Waals surface area contributed by atoms with Gasteiger partial charge in [-0.05, 0) is 25.1 Å². The molecule has 3 heterocycles. The molecule has 9 heteroatoms. The molecule has 7 nitrogen and oxygen atoms in total. The number of hydrogen-bond donors (Lipinski definition) is 2. The Bertz CT molecular complexity index is 1010. The third kappa shape index (κ3) is 3.13. The fourth-order valence-electron chi connectivity index (χ4n) is 2.42. The number of carbonyl (C=O) groups excluding carboxylic acids is 1. The van der Waals surface area contributed by atoms with E-state index in [0.717, 1.165) is 16.2 Å². The minimum absolute atomic E-state index is 0.246. The normalized spacial score (nSPS) is 12.4. The van der Waals surface area contributed by atoms with Gasteiger partial charge in [-0.2, -0.15) is 10.2 Å². The molecule has 0 saturated heterocycles. The summed E-state index contributed by atoms with van der Waals surface area (Å²) in [4.78, 5) is 17.7. The summed E-state index contributed by atoms with van der Waals surface area (Å²) in [6.45, 7) is 1.88. The van der Waals surface area contributed by atoms with Gasteiger partial charge >= 0.3 is 0 Å². The zero-order chi connectivity index (χ0) is 17.4. The monoisotopic (exact) mass is 372 g/mol. The lowest BCUT2D eigenvalue weighted by atomic mass is 10.1. The molecule has 3 aromatic heterocycles. The van der Waals surface area contributed by atoms with Crippen LogP contribution < -0.4 is 5.32 Å². The van der Waals surface area contributed by atoms with Crippen LogP contribution in [0.2, 0.25) is 5.02 Å². The van der Waals surface area contributed by atoms with E-state index >= 15 is 0 Å². The zero-order valence-corrected chi connectivity index (χ0v) is 14.7. The summed E-state index contributed by atoms with van der Waals surface area (Å²) in [5, 5.41) is 14.6. The van der Waals surface area contributed by atoms with Crippen LogP contribution in [0.15, 0.2) is 42.0 Å². The number of amides is 1. The van der Waals surface area contributed by atoms with Gasteiger partial charge in [-0.25, -0.2) is 9.50 Å². The number of rotatable bonds is 4. The number of H-pyrrole nitrogens is 1. The van der Waals surface area contributed by atoms with Crippen molar-refractivity contribution in [1.29, 1.82) is 0 Å². The van der Waals surface area contributed by atoms with E-state index in [2.05, 4.69) is 25.6 Å². The maximum atomic E-state index is 12.4. The van der Waals surface area contributed by atoms with E-state index in [1.165, 1.54) is 11.3 Å². The summed E-state index contributed by atoms with van der Waals surface area (Å²) in [5.74, 6) is -0.246. The number of carbonyl (C=O) groups is 1.